The van der Waals surface area contributed by atoms with Crippen molar-refractivity contribution in [1.82, 2.24) is 0 Å². The van der Waals surface area contributed by atoms with Crippen molar-refractivity contribution < 1.29 is 17.9 Å². The molecule has 0 spiro atoms. The summed E-state index contributed by atoms with van der Waals surface area (Å²) in [6, 6.07) is 0. The third-order valence-corrected chi connectivity index (χ3v) is 6.43. The second kappa shape index (κ2) is 6.46. The Kier molecular flexibility index (Phi) is 4.43. The topological polar surface area (TPSA) is 9.23 Å². The largest absolute Gasteiger partial charge is 0.414 e. The van der Waals surface area contributed by atoms with E-state index in [2.05, 4.69) is 49.5 Å². The van der Waals surface area contributed by atoms with E-state index in [0.717, 1.165) is 19.3 Å². The molecule has 0 N–H and O–H groups in total. The number of ether oxygens (including phenoxy) is 1. The molecule has 7 unspecified atom stereocenters. The minimum absolute atomic E-state index is 0.120. The molecule has 0 radical (unpaired) electrons. The predicted molar refractivity (Wildman–Crippen MR) is 91.8 cm³/mol. The number of fused-ring (bicyclic) bond motifs is 1. The summed E-state index contributed by atoms with van der Waals surface area (Å²) in [6.45, 7) is 2.49. The molecule has 7 atom stereocenters. The van der Waals surface area contributed by atoms with Gasteiger partial charge in [0, 0.05) is 11.8 Å². The molecular formula is C21H25F3O. The number of hydrogen-bond donors (Lipinski definition) is 0. The van der Waals surface area contributed by atoms with Gasteiger partial charge in [-0.2, -0.15) is 13.2 Å². The maximum absolute atomic E-state index is 13.0. The molecule has 0 aromatic heterocycles. The zero-order valence-electron chi connectivity index (χ0n) is 14.5. The highest BCUT2D eigenvalue weighted by atomic mass is 19.4. The van der Waals surface area contributed by atoms with Crippen molar-refractivity contribution in [3.63, 3.8) is 0 Å². The van der Waals surface area contributed by atoms with Crippen molar-refractivity contribution in [2.75, 3.05) is 6.61 Å². The predicted octanol–water partition coefficient (Wildman–Crippen LogP) is 5.47. The van der Waals surface area contributed by atoms with Crippen LogP contribution < -0.4 is 0 Å². The molecule has 4 heteroatoms. The van der Waals surface area contributed by atoms with Crippen LogP contribution in [0.25, 0.3) is 0 Å². The lowest BCUT2D eigenvalue weighted by Crippen LogP contribution is -2.56. The molecule has 1 heterocycles. The zero-order chi connectivity index (χ0) is 17.6. The lowest BCUT2D eigenvalue weighted by Gasteiger charge is -2.50. The van der Waals surface area contributed by atoms with Crippen LogP contribution in [0.4, 0.5) is 13.2 Å². The molecule has 4 rings (SSSR count). The number of rotatable bonds is 2. The van der Waals surface area contributed by atoms with E-state index in [1.54, 1.807) is 0 Å². The summed E-state index contributed by atoms with van der Waals surface area (Å²) in [6.07, 6.45) is 12.7. The Morgan fingerprint density at radius 1 is 1.04 bits per heavy atom. The van der Waals surface area contributed by atoms with Gasteiger partial charge in [-0.1, -0.05) is 49.5 Å². The summed E-state index contributed by atoms with van der Waals surface area (Å²) >= 11 is 0. The van der Waals surface area contributed by atoms with Crippen LogP contribution in [-0.2, 0) is 4.74 Å². The molecular weight excluding hydrogens is 325 g/mol. The van der Waals surface area contributed by atoms with E-state index in [1.807, 2.05) is 0 Å². The fourth-order valence-corrected chi connectivity index (χ4v) is 4.85. The SMILES string of the molecule is CC1C=CC=CC2C=CC(C3CCC3C3COC3C(F)(F)F)=CC2C1. The molecule has 1 saturated heterocycles. The van der Waals surface area contributed by atoms with E-state index in [9.17, 15) is 13.2 Å². The van der Waals surface area contributed by atoms with Gasteiger partial charge in [0.2, 0.25) is 0 Å². The summed E-state index contributed by atoms with van der Waals surface area (Å²) in [5.41, 5.74) is 1.26. The van der Waals surface area contributed by atoms with E-state index >= 15 is 0 Å². The van der Waals surface area contributed by atoms with Crippen molar-refractivity contribution in [2.45, 2.75) is 38.5 Å². The van der Waals surface area contributed by atoms with Gasteiger partial charge in [-0.15, -0.1) is 0 Å². The smallest absolute Gasteiger partial charge is 0.368 e. The Morgan fingerprint density at radius 3 is 2.48 bits per heavy atom. The molecule has 3 aliphatic carbocycles. The van der Waals surface area contributed by atoms with Crippen molar-refractivity contribution in [2.24, 2.45) is 35.5 Å². The second-order valence-corrected chi connectivity index (χ2v) is 8.06. The Hall–Kier alpha value is -1.29. The van der Waals surface area contributed by atoms with Crippen LogP contribution in [0.1, 0.15) is 26.2 Å². The monoisotopic (exact) mass is 350 g/mol. The quantitative estimate of drug-likeness (QED) is 0.641. The van der Waals surface area contributed by atoms with E-state index in [0.29, 0.717) is 17.8 Å². The zero-order valence-corrected chi connectivity index (χ0v) is 14.5. The number of allylic oxidation sites excluding steroid dienone is 8. The van der Waals surface area contributed by atoms with E-state index in [4.69, 9.17) is 4.74 Å². The summed E-state index contributed by atoms with van der Waals surface area (Å²) in [5.74, 6) is 1.42. The van der Waals surface area contributed by atoms with Gasteiger partial charge in [0.25, 0.3) is 0 Å². The molecule has 1 saturated carbocycles. The summed E-state index contributed by atoms with van der Waals surface area (Å²) < 4.78 is 43.9. The normalized spacial score (nSPS) is 43.4. The Morgan fingerprint density at radius 2 is 1.84 bits per heavy atom. The maximum atomic E-state index is 13.0. The van der Waals surface area contributed by atoms with Crippen LogP contribution in [0, 0.1) is 35.5 Å². The maximum Gasteiger partial charge on any atom is 0.414 e. The first-order valence-electron chi connectivity index (χ1n) is 9.36. The average molecular weight is 350 g/mol. The fourth-order valence-electron chi connectivity index (χ4n) is 4.85. The second-order valence-electron chi connectivity index (χ2n) is 8.06. The van der Waals surface area contributed by atoms with Crippen LogP contribution in [0.2, 0.25) is 0 Å². The molecule has 2 fully saturated rings. The molecule has 0 bridgehead atoms. The third kappa shape index (κ3) is 3.25. The lowest BCUT2D eigenvalue weighted by atomic mass is 9.60. The highest BCUT2D eigenvalue weighted by molar-refractivity contribution is 5.33. The van der Waals surface area contributed by atoms with Gasteiger partial charge in [-0.05, 0) is 48.5 Å². The average Bonchev–Trinajstić information content (AvgIpc) is 2.44. The third-order valence-electron chi connectivity index (χ3n) is 6.43. The van der Waals surface area contributed by atoms with Gasteiger partial charge in [0.05, 0.1) is 6.61 Å². The van der Waals surface area contributed by atoms with Gasteiger partial charge in [-0.25, -0.2) is 0 Å². The highest BCUT2D eigenvalue weighted by Crippen LogP contribution is 2.52. The molecule has 0 aromatic carbocycles. The molecule has 1 nitrogen and oxygen atoms in total. The van der Waals surface area contributed by atoms with Crippen molar-refractivity contribution in [1.29, 1.82) is 0 Å². The minimum Gasteiger partial charge on any atom is -0.368 e. The first-order chi connectivity index (χ1) is 11.9. The molecule has 4 aliphatic rings. The standard InChI is InChI=1S/C21H25F3O/c1-13-4-2-3-5-14-6-7-15(11-16(14)10-13)17-8-9-18(17)19-12-25-20(19)21(22,23)24/h2-7,11,13-14,16-20H,8-10,12H2,1H3. The Bertz CT molecular complexity index is 628. The van der Waals surface area contributed by atoms with E-state index < -0.39 is 12.3 Å². The van der Waals surface area contributed by atoms with Crippen molar-refractivity contribution in [3.8, 4) is 0 Å². The Balaban J connectivity index is 1.48. The summed E-state index contributed by atoms with van der Waals surface area (Å²) in [7, 11) is 0. The van der Waals surface area contributed by atoms with Gasteiger partial charge in [-0.3, -0.25) is 0 Å². The van der Waals surface area contributed by atoms with Gasteiger partial charge < -0.3 is 4.74 Å². The Labute approximate surface area is 147 Å². The van der Waals surface area contributed by atoms with Crippen LogP contribution in [0.3, 0.4) is 0 Å². The first kappa shape index (κ1) is 17.1. The van der Waals surface area contributed by atoms with Crippen LogP contribution >= 0.6 is 0 Å². The fraction of sp³-hybridized carbons (Fsp3) is 0.619. The van der Waals surface area contributed by atoms with E-state index in [-0.39, 0.29) is 24.4 Å². The molecule has 0 amide bonds. The van der Waals surface area contributed by atoms with Crippen molar-refractivity contribution in [3.05, 3.63) is 48.1 Å². The van der Waals surface area contributed by atoms with Crippen LogP contribution in [-0.4, -0.2) is 18.9 Å². The van der Waals surface area contributed by atoms with E-state index in [1.165, 1.54) is 5.57 Å². The number of halogens is 3. The molecule has 0 aromatic rings. The highest BCUT2D eigenvalue weighted by Gasteiger charge is 2.57. The lowest BCUT2D eigenvalue weighted by molar-refractivity contribution is -0.303. The van der Waals surface area contributed by atoms with Crippen LogP contribution in [0.5, 0.6) is 0 Å². The summed E-state index contributed by atoms with van der Waals surface area (Å²) in [4.78, 5) is 0. The van der Waals surface area contributed by atoms with Gasteiger partial charge >= 0.3 is 6.18 Å². The van der Waals surface area contributed by atoms with Crippen molar-refractivity contribution >= 4 is 0 Å². The summed E-state index contributed by atoms with van der Waals surface area (Å²) in [5, 5.41) is 0. The minimum atomic E-state index is -4.23. The number of hydrogen-bond acceptors (Lipinski definition) is 1. The van der Waals surface area contributed by atoms with Gasteiger partial charge in [0.15, 0.2) is 6.10 Å². The van der Waals surface area contributed by atoms with Crippen LogP contribution in [0.15, 0.2) is 48.1 Å². The molecule has 1 aliphatic heterocycles. The molecule has 136 valence electrons. The van der Waals surface area contributed by atoms with Gasteiger partial charge in [0.1, 0.15) is 0 Å². The number of alkyl halides is 3. The first-order valence-corrected chi connectivity index (χ1v) is 9.36. The molecule has 25 heavy (non-hydrogen) atoms.